The number of urea groups is 1. The zero-order valence-corrected chi connectivity index (χ0v) is 19.1. The Hall–Kier alpha value is -3.94. The van der Waals surface area contributed by atoms with Crippen LogP contribution in [-0.2, 0) is 0 Å². The molecule has 1 saturated heterocycles. The second-order valence-corrected chi connectivity index (χ2v) is 8.44. The number of carbonyl (C=O) groups excluding carboxylic acids is 1. The first-order chi connectivity index (χ1) is 16.0. The summed E-state index contributed by atoms with van der Waals surface area (Å²) in [7, 11) is 0. The molecule has 3 heterocycles. The predicted octanol–water partition coefficient (Wildman–Crippen LogP) is 4.09. The number of amides is 2. The molecule has 1 fully saturated rings. The Bertz CT molecular complexity index is 1290. The SMILES string of the molecule is Cc1ccc(NC(=O)N2CCN(c3nnc(C)c4c(C)n(-c5ccccc5)nc34)CC2)cc1. The van der Waals surface area contributed by atoms with Crippen LogP contribution in [0.5, 0.6) is 0 Å². The smallest absolute Gasteiger partial charge is 0.321 e. The molecule has 1 N–H and O–H groups in total. The van der Waals surface area contributed by atoms with Gasteiger partial charge in [0.1, 0.15) is 5.52 Å². The highest BCUT2D eigenvalue weighted by Crippen LogP contribution is 2.29. The van der Waals surface area contributed by atoms with E-state index in [1.165, 1.54) is 0 Å². The lowest BCUT2D eigenvalue weighted by Crippen LogP contribution is -2.50. The second kappa shape index (κ2) is 8.54. The van der Waals surface area contributed by atoms with E-state index in [4.69, 9.17) is 5.10 Å². The van der Waals surface area contributed by atoms with E-state index in [1.807, 2.05) is 78.0 Å². The lowest BCUT2D eigenvalue weighted by Gasteiger charge is -2.35. The summed E-state index contributed by atoms with van der Waals surface area (Å²) in [6.45, 7) is 8.61. The van der Waals surface area contributed by atoms with Crippen molar-refractivity contribution in [3.05, 3.63) is 71.5 Å². The molecule has 4 aromatic rings. The molecule has 0 atom stereocenters. The van der Waals surface area contributed by atoms with Crippen LogP contribution in [0.15, 0.2) is 54.6 Å². The number of piperazine rings is 1. The Morgan fingerprint density at radius 3 is 2.27 bits per heavy atom. The van der Waals surface area contributed by atoms with Gasteiger partial charge in [-0.2, -0.15) is 10.2 Å². The summed E-state index contributed by atoms with van der Waals surface area (Å²) in [6, 6.07) is 17.8. The van der Waals surface area contributed by atoms with Crippen molar-refractivity contribution in [1.29, 1.82) is 0 Å². The minimum absolute atomic E-state index is 0.0807. The number of rotatable bonds is 3. The normalized spacial score (nSPS) is 14.0. The summed E-state index contributed by atoms with van der Waals surface area (Å²) in [5.41, 5.74) is 5.74. The number of hydrogen-bond acceptors (Lipinski definition) is 5. The molecule has 0 bridgehead atoms. The van der Waals surface area contributed by atoms with Crippen molar-refractivity contribution < 1.29 is 4.79 Å². The highest BCUT2D eigenvalue weighted by Gasteiger charge is 2.26. The molecule has 1 aliphatic rings. The van der Waals surface area contributed by atoms with Crippen molar-refractivity contribution in [2.24, 2.45) is 0 Å². The van der Waals surface area contributed by atoms with Crippen LogP contribution >= 0.6 is 0 Å². The minimum atomic E-state index is -0.0807. The van der Waals surface area contributed by atoms with Gasteiger partial charge in [-0.15, -0.1) is 5.10 Å². The van der Waals surface area contributed by atoms with Gasteiger partial charge in [-0.3, -0.25) is 0 Å². The molecule has 0 radical (unpaired) electrons. The third kappa shape index (κ3) is 4.00. The maximum absolute atomic E-state index is 12.7. The van der Waals surface area contributed by atoms with Crippen LogP contribution in [0.3, 0.4) is 0 Å². The topological polar surface area (TPSA) is 79.2 Å². The molecule has 8 nitrogen and oxygen atoms in total. The molecule has 2 aromatic heterocycles. The van der Waals surface area contributed by atoms with Crippen molar-refractivity contribution >= 4 is 28.4 Å². The number of nitrogens with one attached hydrogen (secondary N) is 1. The van der Waals surface area contributed by atoms with Crippen molar-refractivity contribution in [2.75, 3.05) is 36.4 Å². The standard InChI is InChI=1S/C25H27N7O/c1-17-9-11-20(12-10-17)26-25(33)31-15-13-30(14-16-31)24-23-22(18(2)27-28-24)19(3)32(29-23)21-7-5-4-6-8-21/h4-12H,13-16H2,1-3H3,(H,26,33). The van der Waals surface area contributed by atoms with Gasteiger partial charge in [0, 0.05) is 31.9 Å². The fraction of sp³-hybridized carbons (Fsp3) is 0.280. The summed E-state index contributed by atoms with van der Waals surface area (Å²) in [4.78, 5) is 16.7. The van der Waals surface area contributed by atoms with Gasteiger partial charge in [0.05, 0.1) is 22.5 Å². The quantitative estimate of drug-likeness (QED) is 0.518. The fourth-order valence-electron chi connectivity index (χ4n) is 4.31. The van der Waals surface area contributed by atoms with E-state index < -0.39 is 0 Å². The number of hydrogen-bond donors (Lipinski definition) is 1. The zero-order chi connectivity index (χ0) is 22.9. The highest BCUT2D eigenvalue weighted by molar-refractivity contribution is 5.93. The van der Waals surface area contributed by atoms with Crippen molar-refractivity contribution in [3.63, 3.8) is 0 Å². The highest BCUT2D eigenvalue weighted by atomic mass is 16.2. The Balaban J connectivity index is 1.36. The van der Waals surface area contributed by atoms with Gasteiger partial charge in [-0.25, -0.2) is 9.48 Å². The van der Waals surface area contributed by atoms with Crippen LogP contribution in [0.25, 0.3) is 16.6 Å². The van der Waals surface area contributed by atoms with Crippen LogP contribution in [0.4, 0.5) is 16.3 Å². The number of fused-ring (bicyclic) bond motifs is 1. The van der Waals surface area contributed by atoms with E-state index in [2.05, 4.69) is 27.3 Å². The molecule has 0 spiro atoms. The van der Waals surface area contributed by atoms with Gasteiger partial charge in [0.15, 0.2) is 5.82 Å². The zero-order valence-electron chi connectivity index (χ0n) is 19.1. The van der Waals surface area contributed by atoms with Gasteiger partial charge in [0.25, 0.3) is 0 Å². The summed E-state index contributed by atoms with van der Waals surface area (Å²) < 4.78 is 1.95. The van der Waals surface area contributed by atoms with Gasteiger partial charge in [-0.05, 0) is 45.0 Å². The lowest BCUT2D eigenvalue weighted by atomic mass is 10.2. The monoisotopic (exact) mass is 441 g/mol. The summed E-state index contributed by atoms with van der Waals surface area (Å²) in [5, 5.41) is 17.9. The second-order valence-electron chi connectivity index (χ2n) is 8.44. The lowest BCUT2D eigenvalue weighted by molar-refractivity contribution is 0.208. The van der Waals surface area contributed by atoms with Crippen LogP contribution in [-0.4, -0.2) is 57.1 Å². The Morgan fingerprint density at radius 2 is 1.58 bits per heavy atom. The number of nitrogens with zero attached hydrogens (tertiary/aromatic N) is 6. The van der Waals surface area contributed by atoms with Crippen molar-refractivity contribution in [2.45, 2.75) is 20.8 Å². The average Bonchev–Trinajstić information content (AvgIpc) is 3.19. The molecule has 2 amide bonds. The fourth-order valence-corrected chi connectivity index (χ4v) is 4.31. The number of para-hydroxylation sites is 1. The van der Waals surface area contributed by atoms with E-state index in [9.17, 15) is 4.79 Å². The Labute approximate surface area is 192 Å². The number of benzene rings is 2. The summed E-state index contributed by atoms with van der Waals surface area (Å²) in [5.74, 6) is 0.770. The minimum Gasteiger partial charge on any atom is -0.350 e. The van der Waals surface area contributed by atoms with Gasteiger partial charge in [-0.1, -0.05) is 35.9 Å². The molecule has 8 heteroatoms. The molecule has 33 heavy (non-hydrogen) atoms. The molecule has 0 saturated carbocycles. The summed E-state index contributed by atoms with van der Waals surface area (Å²) >= 11 is 0. The van der Waals surface area contributed by atoms with Crippen LogP contribution in [0.2, 0.25) is 0 Å². The first-order valence-corrected chi connectivity index (χ1v) is 11.2. The Kier molecular flexibility index (Phi) is 5.42. The van der Waals surface area contributed by atoms with E-state index in [0.29, 0.717) is 26.2 Å². The van der Waals surface area contributed by atoms with Crippen LogP contribution in [0, 0.1) is 20.8 Å². The molecule has 0 aliphatic carbocycles. The van der Waals surface area contributed by atoms with Crippen molar-refractivity contribution in [3.8, 4) is 5.69 Å². The molecular formula is C25H27N7O. The number of anilines is 2. The number of aromatic nitrogens is 4. The van der Waals surface area contributed by atoms with Gasteiger partial charge in [0.2, 0.25) is 0 Å². The van der Waals surface area contributed by atoms with Gasteiger partial charge >= 0.3 is 6.03 Å². The molecule has 168 valence electrons. The van der Waals surface area contributed by atoms with Gasteiger partial charge < -0.3 is 15.1 Å². The molecule has 5 rings (SSSR count). The molecule has 1 aliphatic heterocycles. The molecule has 2 aromatic carbocycles. The van der Waals surface area contributed by atoms with Crippen molar-refractivity contribution in [1.82, 2.24) is 24.9 Å². The Morgan fingerprint density at radius 1 is 0.879 bits per heavy atom. The van der Waals surface area contributed by atoms with Crippen LogP contribution < -0.4 is 10.2 Å². The number of aryl methyl sites for hydroxylation is 3. The predicted molar refractivity (Wildman–Crippen MR) is 130 cm³/mol. The van der Waals surface area contributed by atoms with E-state index >= 15 is 0 Å². The first-order valence-electron chi connectivity index (χ1n) is 11.2. The van der Waals surface area contributed by atoms with E-state index in [1.54, 1.807) is 0 Å². The third-order valence-electron chi connectivity index (χ3n) is 6.15. The maximum atomic E-state index is 12.7. The van der Waals surface area contributed by atoms with E-state index in [0.717, 1.165) is 45.0 Å². The third-order valence-corrected chi connectivity index (χ3v) is 6.15. The molecule has 0 unspecified atom stereocenters. The first kappa shape index (κ1) is 20.9. The average molecular weight is 442 g/mol. The maximum Gasteiger partial charge on any atom is 0.321 e. The van der Waals surface area contributed by atoms with Crippen LogP contribution in [0.1, 0.15) is 17.0 Å². The van der Waals surface area contributed by atoms with E-state index in [-0.39, 0.29) is 6.03 Å². The summed E-state index contributed by atoms with van der Waals surface area (Å²) in [6.07, 6.45) is 0. The largest absolute Gasteiger partial charge is 0.350 e. The molecular weight excluding hydrogens is 414 g/mol. The number of carbonyl (C=O) groups is 1.